The van der Waals surface area contributed by atoms with E-state index in [0.29, 0.717) is 6.54 Å². The zero-order valence-electron chi connectivity index (χ0n) is 15.5. The van der Waals surface area contributed by atoms with Crippen LogP contribution in [-0.2, 0) is 6.42 Å². The van der Waals surface area contributed by atoms with E-state index in [4.69, 9.17) is 11.6 Å². The third-order valence-electron chi connectivity index (χ3n) is 4.74. The van der Waals surface area contributed by atoms with E-state index in [-0.39, 0.29) is 6.03 Å². The number of carbonyl (C=O) groups is 1. The molecule has 1 heterocycles. The number of hydrogen-bond acceptors (Lipinski definition) is 2. The Morgan fingerprint density at radius 1 is 1.00 bits per heavy atom. The highest BCUT2D eigenvalue weighted by atomic mass is 35.5. The number of halogens is 1. The second-order valence-corrected chi connectivity index (χ2v) is 7.15. The maximum atomic E-state index is 12.3. The van der Waals surface area contributed by atoms with Gasteiger partial charge in [0, 0.05) is 44.3 Å². The zero-order chi connectivity index (χ0) is 18.9. The Morgan fingerprint density at radius 3 is 2.41 bits per heavy atom. The average Bonchev–Trinajstić information content (AvgIpc) is 2.71. The lowest BCUT2D eigenvalue weighted by molar-refractivity contribution is 0.147. The molecule has 4 nitrogen and oxygen atoms in total. The largest absolute Gasteiger partial charge is 0.338 e. The quantitative estimate of drug-likeness (QED) is 0.820. The molecule has 142 valence electrons. The number of urea groups is 1. The number of nitrogens with zero attached hydrogens (tertiary/aromatic N) is 2. The third kappa shape index (κ3) is 6.42. The highest BCUT2D eigenvalue weighted by Gasteiger charge is 2.19. The average molecular weight is 384 g/mol. The number of benzene rings is 2. The molecular formula is C22H26ClN3O. The van der Waals surface area contributed by atoms with E-state index in [1.54, 1.807) is 0 Å². The van der Waals surface area contributed by atoms with Crippen molar-refractivity contribution >= 4 is 23.7 Å². The van der Waals surface area contributed by atoms with Crippen LogP contribution in [0.15, 0.2) is 60.7 Å². The van der Waals surface area contributed by atoms with Gasteiger partial charge in [-0.2, -0.15) is 0 Å². The molecule has 0 unspecified atom stereocenters. The van der Waals surface area contributed by atoms with Crippen LogP contribution >= 0.6 is 11.6 Å². The monoisotopic (exact) mass is 383 g/mol. The Hall–Kier alpha value is -2.30. The van der Waals surface area contributed by atoms with Gasteiger partial charge in [0.2, 0.25) is 0 Å². The summed E-state index contributed by atoms with van der Waals surface area (Å²) in [7, 11) is 0. The van der Waals surface area contributed by atoms with Crippen LogP contribution in [0.25, 0.3) is 6.08 Å². The number of carbonyl (C=O) groups excluding carboxylic acids is 1. The first-order valence-corrected chi connectivity index (χ1v) is 9.80. The van der Waals surface area contributed by atoms with Gasteiger partial charge in [0.25, 0.3) is 0 Å². The van der Waals surface area contributed by atoms with Crippen LogP contribution < -0.4 is 5.32 Å². The number of rotatable bonds is 6. The van der Waals surface area contributed by atoms with Crippen molar-refractivity contribution in [1.82, 2.24) is 15.1 Å². The topological polar surface area (TPSA) is 35.6 Å². The molecule has 0 radical (unpaired) electrons. The maximum absolute atomic E-state index is 12.3. The van der Waals surface area contributed by atoms with E-state index in [2.05, 4.69) is 34.5 Å². The molecule has 1 fully saturated rings. The Labute approximate surface area is 166 Å². The van der Waals surface area contributed by atoms with E-state index >= 15 is 0 Å². The SMILES string of the molecule is O=C(NCCc1ccc(Cl)cc1)N1CCN(C/C=C/c2ccccc2)CC1. The predicted molar refractivity (Wildman–Crippen MR) is 112 cm³/mol. The Bertz CT molecular complexity index is 738. The van der Waals surface area contributed by atoms with Crippen LogP contribution in [0.2, 0.25) is 5.02 Å². The molecule has 1 N–H and O–H groups in total. The molecule has 0 spiro atoms. The first kappa shape index (κ1) is 19.5. The van der Waals surface area contributed by atoms with Crippen LogP contribution in [-0.4, -0.2) is 55.1 Å². The van der Waals surface area contributed by atoms with Crippen molar-refractivity contribution in [2.24, 2.45) is 0 Å². The van der Waals surface area contributed by atoms with Crippen LogP contribution in [0.5, 0.6) is 0 Å². The normalized spacial score (nSPS) is 15.2. The summed E-state index contributed by atoms with van der Waals surface area (Å²) < 4.78 is 0. The molecule has 0 atom stereocenters. The number of hydrogen-bond donors (Lipinski definition) is 1. The minimum Gasteiger partial charge on any atom is -0.338 e. The second kappa shape index (κ2) is 10.1. The molecule has 0 aromatic heterocycles. The van der Waals surface area contributed by atoms with E-state index in [1.165, 1.54) is 11.1 Å². The number of nitrogens with one attached hydrogen (secondary N) is 1. The van der Waals surface area contributed by atoms with Crippen LogP contribution in [0.3, 0.4) is 0 Å². The Kier molecular flexibility index (Phi) is 7.31. The van der Waals surface area contributed by atoms with Gasteiger partial charge in [0.1, 0.15) is 0 Å². The van der Waals surface area contributed by atoms with E-state index in [9.17, 15) is 4.79 Å². The first-order valence-electron chi connectivity index (χ1n) is 9.42. The summed E-state index contributed by atoms with van der Waals surface area (Å²) in [6, 6.07) is 18.1. The van der Waals surface area contributed by atoms with Crippen molar-refractivity contribution in [2.45, 2.75) is 6.42 Å². The smallest absolute Gasteiger partial charge is 0.317 e. The van der Waals surface area contributed by atoms with Crippen LogP contribution in [0.4, 0.5) is 4.79 Å². The third-order valence-corrected chi connectivity index (χ3v) is 4.99. The van der Waals surface area contributed by atoms with Gasteiger partial charge in [0.15, 0.2) is 0 Å². The number of amides is 2. The summed E-state index contributed by atoms with van der Waals surface area (Å²) in [5.41, 5.74) is 2.39. The molecule has 5 heteroatoms. The number of piperazine rings is 1. The molecule has 2 amide bonds. The summed E-state index contributed by atoms with van der Waals surface area (Å²) in [4.78, 5) is 16.6. The molecule has 1 saturated heterocycles. The fraction of sp³-hybridized carbons (Fsp3) is 0.318. The molecule has 0 bridgehead atoms. The highest BCUT2D eigenvalue weighted by Crippen LogP contribution is 2.10. The van der Waals surface area contributed by atoms with Gasteiger partial charge in [0.05, 0.1) is 0 Å². The lowest BCUT2D eigenvalue weighted by Crippen LogP contribution is -2.51. The van der Waals surface area contributed by atoms with Crippen molar-refractivity contribution in [2.75, 3.05) is 39.3 Å². The molecule has 1 aliphatic heterocycles. The molecule has 2 aromatic carbocycles. The first-order chi connectivity index (χ1) is 13.2. The Morgan fingerprint density at radius 2 is 1.70 bits per heavy atom. The molecule has 3 rings (SSSR count). The van der Waals surface area contributed by atoms with E-state index in [0.717, 1.165) is 44.2 Å². The minimum atomic E-state index is 0.0310. The van der Waals surface area contributed by atoms with Crippen LogP contribution in [0.1, 0.15) is 11.1 Å². The predicted octanol–water partition coefficient (Wildman–Crippen LogP) is 3.92. The van der Waals surface area contributed by atoms with Gasteiger partial charge in [-0.1, -0.05) is 66.2 Å². The molecule has 1 aliphatic rings. The summed E-state index contributed by atoms with van der Waals surface area (Å²) in [5.74, 6) is 0. The molecule has 0 aliphatic carbocycles. The molecule has 2 aromatic rings. The summed E-state index contributed by atoms with van der Waals surface area (Å²) in [6.07, 6.45) is 5.15. The molecule has 27 heavy (non-hydrogen) atoms. The van der Waals surface area contributed by atoms with Gasteiger partial charge in [-0.05, 0) is 29.7 Å². The summed E-state index contributed by atoms with van der Waals surface area (Å²) >= 11 is 5.89. The van der Waals surface area contributed by atoms with Gasteiger partial charge in [-0.15, -0.1) is 0 Å². The highest BCUT2D eigenvalue weighted by molar-refractivity contribution is 6.30. The van der Waals surface area contributed by atoms with Crippen molar-refractivity contribution in [3.8, 4) is 0 Å². The fourth-order valence-corrected chi connectivity index (χ4v) is 3.24. The second-order valence-electron chi connectivity index (χ2n) is 6.71. The van der Waals surface area contributed by atoms with Gasteiger partial charge in [-0.25, -0.2) is 4.79 Å². The maximum Gasteiger partial charge on any atom is 0.317 e. The zero-order valence-corrected chi connectivity index (χ0v) is 16.2. The lowest BCUT2D eigenvalue weighted by atomic mass is 10.1. The lowest BCUT2D eigenvalue weighted by Gasteiger charge is -2.34. The summed E-state index contributed by atoms with van der Waals surface area (Å²) in [5, 5.41) is 3.75. The van der Waals surface area contributed by atoms with E-state index < -0.39 is 0 Å². The minimum absolute atomic E-state index is 0.0310. The fourth-order valence-electron chi connectivity index (χ4n) is 3.11. The van der Waals surface area contributed by atoms with Gasteiger partial charge < -0.3 is 10.2 Å². The van der Waals surface area contributed by atoms with Gasteiger partial charge in [-0.3, -0.25) is 4.90 Å². The van der Waals surface area contributed by atoms with Crippen molar-refractivity contribution in [3.63, 3.8) is 0 Å². The van der Waals surface area contributed by atoms with Crippen LogP contribution in [0, 0.1) is 0 Å². The van der Waals surface area contributed by atoms with Crippen molar-refractivity contribution < 1.29 is 4.79 Å². The Balaban J connectivity index is 1.34. The van der Waals surface area contributed by atoms with Gasteiger partial charge >= 0.3 is 6.03 Å². The molecule has 0 saturated carbocycles. The van der Waals surface area contributed by atoms with E-state index in [1.807, 2.05) is 47.4 Å². The summed E-state index contributed by atoms with van der Waals surface area (Å²) in [6.45, 7) is 4.91. The van der Waals surface area contributed by atoms with Crippen molar-refractivity contribution in [3.05, 3.63) is 76.8 Å². The standard InChI is InChI=1S/C22H26ClN3O/c23-21-10-8-20(9-11-21)12-13-24-22(27)26-17-15-25(16-18-26)14-4-7-19-5-2-1-3-6-19/h1-11H,12-18H2,(H,24,27)/b7-4+. The molecular weight excluding hydrogens is 358 g/mol. The van der Waals surface area contributed by atoms with Crippen molar-refractivity contribution in [1.29, 1.82) is 0 Å².